The molecule has 0 aliphatic heterocycles. The molecule has 0 spiro atoms. The van der Waals surface area contributed by atoms with Gasteiger partial charge in [0.1, 0.15) is 11.2 Å². The summed E-state index contributed by atoms with van der Waals surface area (Å²) in [7, 11) is 0. The highest BCUT2D eigenvalue weighted by Gasteiger charge is 2.37. The zero-order valence-corrected chi connectivity index (χ0v) is 23.7. The maximum absolute atomic E-state index is 14.3. The molecule has 0 amide bonds. The van der Waals surface area contributed by atoms with Crippen LogP contribution in [0.15, 0.2) is 111 Å². The molecule has 0 bridgehead atoms. The van der Waals surface area contributed by atoms with Gasteiger partial charge in [-0.2, -0.15) is 0 Å². The molecule has 0 atom stereocenters. The van der Waals surface area contributed by atoms with E-state index in [1.807, 2.05) is 24.3 Å². The van der Waals surface area contributed by atoms with Crippen molar-refractivity contribution in [3.05, 3.63) is 139 Å². The Morgan fingerprint density at radius 3 is 1.73 bits per heavy atom. The lowest BCUT2D eigenvalue weighted by atomic mass is 9.82. The molecule has 7 nitrogen and oxygen atoms in total. The van der Waals surface area contributed by atoms with E-state index in [9.17, 15) is 14.4 Å². The Morgan fingerprint density at radius 2 is 1.15 bits per heavy atom. The number of fused-ring (bicyclic) bond motifs is 4. The van der Waals surface area contributed by atoms with Crippen molar-refractivity contribution in [3.8, 4) is 22.8 Å². The van der Waals surface area contributed by atoms with Crippen LogP contribution >= 0.6 is 31.9 Å². The van der Waals surface area contributed by atoms with Crippen molar-refractivity contribution in [1.82, 2.24) is 19.1 Å². The molecule has 0 fully saturated rings. The van der Waals surface area contributed by atoms with Gasteiger partial charge in [0.2, 0.25) is 0 Å². The van der Waals surface area contributed by atoms with Crippen molar-refractivity contribution in [1.29, 1.82) is 0 Å². The zero-order chi connectivity index (χ0) is 27.5. The van der Waals surface area contributed by atoms with Gasteiger partial charge in [-0.3, -0.25) is 19.1 Å². The number of rotatable bonds is 3. The number of nitrogens with zero attached hydrogens (tertiary/aromatic N) is 4. The number of carbonyl (C=O) groups excluding carboxylic acids is 2. The highest BCUT2D eigenvalue weighted by atomic mass is 79.9. The maximum Gasteiger partial charge on any atom is 0.339 e. The van der Waals surface area contributed by atoms with Crippen LogP contribution in [0.5, 0.6) is 0 Å². The predicted molar refractivity (Wildman–Crippen MR) is 159 cm³/mol. The van der Waals surface area contributed by atoms with Gasteiger partial charge in [-0.05, 0) is 60.7 Å². The average molecular weight is 652 g/mol. The Kier molecular flexibility index (Phi) is 5.72. The number of halogens is 2. The molecule has 3 heterocycles. The fourth-order valence-corrected chi connectivity index (χ4v) is 5.68. The summed E-state index contributed by atoms with van der Waals surface area (Å²) in [4.78, 5) is 52.0. The molecule has 0 radical (unpaired) electrons. The molecule has 7 rings (SSSR count). The largest absolute Gasteiger partial charge is 0.339 e. The molecule has 3 aromatic carbocycles. The lowest BCUT2D eigenvalue weighted by molar-refractivity contribution is 0.0980. The average Bonchev–Trinajstić information content (AvgIpc) is 3.27. The second kappa shape index (κ2) is 9.32. The van der Waals surface area contributed by atoms with Gasteiger partial charge < -0.3 is 0 Å². The molecule has 1 aliphatic rings. The van der Waals surface area contributed by atoms with Crippen LogP contribution in [0.1, 0.15) is 31.8 Å². The molecule has 3 aromatic heterocycles. The van der Waals surface area contributed by atoms with Crippen molar-refractivity contribution in [2.24, 2.45) is 0 Å². The maximum atomic E-state index is 14.3. The molecule has 0 saturated carbocycles. The SMILES string of the molecule is O=C1c2ccccc2C(=O)c2c1c(-c1ccccn1)nc1c2n(-c2ccc(Br)cc2)c(=O)n1-c1ccc(Br)cc1. The van der Waals surface area contributed by atoms with Crippen LogP contribution in [0, 0.1) is 0 Å². The van der Waals surface area contributed by atoms with Crippen molar-refractivity contribution in [3.63, 3.8) is 0 Å². The molecular formula is C31H16Br2N4O3. The first-order valence-corrected chi connectivity index (χ1v) is 13.9. The van der Waals surface area contributed by atoms with E-state index in [1.54, 1.807) is 72.9 Å². The summed E-state index contributed by atoms with van der Waals surface area (Å²) in [6.07, 6.45) is 1.60. The van der Waals surface area contributed by atoms with Gasteiger partial charge in [0.05, 0.1) is 28.2 Å². The van der Waals surface area contributed by atoms with Crippen LogP contribution in [-0.4, -0.2) is 30.7 Å². The molecule has 0 saturated heterocycles. The van der Waals surface area contributed by atoms with Crippen molar-refractivity contribution in [2.45, 2.75) is 0 Å². The first-order valence-electron chi connectivity index (χ1n) is 12.3. The van der Waals surface area contributed by atoms with Gasteiger partial charge in [0, 0.05) is 26.3 Å². The lowest BCUT2D eigenvalue weighted by Gasteiger charge is -2.21. The van der Waals surface area contributed by atoms with Gasteiger partial charge in [0.25, 0.3) is 0 Å². The Labute approximate surface area is 244 Å². The molecule has 9 heteroatoms. The first kappa shape index (κ1) is 24.6. The topological polar surface area (TPSA) is 86.8 Å². The molecule has 40 heavy (non-hydrogen) atoms. The number of hydrogen-bond donors (Lipinski definition) is 0. The normalized spacial score (nSPS) is 12.4. The number of ketones is 2. The van der Waals surface area contributed by atoms with E-state index in [1.165, 1.54) is 9.13 Å². The van der Waals surface area contributed by atoms with Crippen molar-refractivity contribution >= 4 is 54.6 Å². The van der Waals surface area contributed by atoms with Gasteiger partial charge in [-0.15, -0.1) is 0 Å². The minimum atomic E-state index is -0.424. The smallest absolute Gasteiger partial charge is 0.288 e. The Balaban J connectivity index is 1.70. The van der Waals surface area contributed by atoms with E-state index in [0.717, 1.165) is 8.95 Å². The first-order chi connectivity index (χ1) is 19.4. The van der Waals surface area contributed by atoms with Crippen LogP contribution in [0.2, 0.25) is 0 Å². The number of hydrogen-bond acceptors (Lipinski definition) is 5. The summed E-state index contributed by atoms with van der Waals surface area (Å²) >= 11 is 6.90. The van der Waals surface area contributed by atoms with Gasteiger partial charge in [0.15, 0.2) is 17.2 Å². The molecular weight excluding hydrogens is 636 g/mol. The second-order valence-electron chi connectivity index (χ2n) is 9.21. The second-order valence-corrected chi connectivity index (χ2v) is 11.0. The fraction of sp³-hybridized carbons (Fsp3) is 0. The highest BCUT2D eigenvalue weighted by Crippen LogP contribution is 2.38. The van der Waals surface area contributed by atoms with E-state index in [2.05, 4.69) is 36.8 Å². The molecule has 1 aliphatic carbocycles. The summed E-state index contributed by atoms with van der Waals surface area (Å²) < 4.78 is 4.60. The van der Waals surface area contributed by atoms with E-state index in [4.69, 9.17) is 4.98 Å². The predicted octanol–water partition coefficient (Wildman–Crippen LogP) is 6.54. The zero-order valence-electron chi connectivity index (χ0n) is 20.5. The lowest BCUT2D eigenvalue weighted by Crippen LogP contribution is -2.24. The summed E-state index contributed by atoms with van der Waals surface area (Å²) in [5.74, 6) is -0.694. The molecule has 0 N–H and O–H groups in total. The summed E-state index contributed by atoms with van der Waals surface area (Å²) in [6, 6.07) is 26.4. The van der Waals surface area contributed by atoms with Crippen LogP contribution in [0.3, 0.4) is 0 Å². The molecule has 6 aromatic rings. The van der Waals surface area contributed by atoms with Crippen LogP contribution < -0.4 is 5.69 Å². The van der Waals surface area contributed by atoms with E-state index >= 15 is 0 Å². The number of imidazole rings is 1. The molecule has 0 unspecified atom stereocenters. The monoisotopic (exact) mass is 650 g/mol. The Bertz CT molecular complexity index is 2060. The Hall–Kier alpha value is -4.47. The molecule has 192 valence electrons. The van der Waals surface area contributed by atoms with Gasteiger partial charge in [-0.25, -0.2) is 14.3 Å². The quantitative estimate of drug-likeness (QED) is 0.217. The third-order valence-corrected chi connectivity index (χ3v) is 7.98. The third-order valence-electron chi connectivity index (χ3n) is 6.92. The van der Waals surface area contributed by atoms with Crippen LogP contribution in [0.4, 0.5) is 0 Å². The Morgan fingerprint density at radius 1 is 0.600 bits per heavy atom. The number of benzene rings is 3. The van der Waals surface area contributed by atoms with E-state index < -0.39 is 5.69 Å². The van der Waals surface area contributed by atoms with Crippen LogP contribution in [0.25, 0.3) is 33.9 Å². The highest BCUT2D eigenvalue weighted by molar-refractivity contribution is 9.10. The minimum Gasteiger partial charge on any atom is -0.288 e. The van der Waals surface area contributed by atoms with E-state index in [-0.39, 0.29) is 45.1 Å². The van der Waals surface area contributed by atoms with Crippen molar-refractivity contribution in [2.75, 3.05) is 0 Å². The number of carbonyl (C=O) groups is 2. The number of aromatic nitrogens is 4. The third kappa shape index (κ3) is 3.65. The van der Waals surface area contributed by atoms with E-state index in [0.29, 0.717) is 22.6 Å². The standard InChI is InChI=1S/C31H16Br2N4O3/c32-17-8-12-19(13-9-17)36-27-25-24(28(38)21-5-1-2-6-22(21)29(25)39)26(23-7-3-4-16-34-23)35-30(27)37(31(36)40)20-14-10-18(33)11-15-20/h1-16H. The van der Waals surface area contributed by atoms with Gasteiger partial charge >= 0.3 is 5.69 Å². The van der Waals surface area contributed by atoms with Gasteiger partial charge in [-0.1, -0.05) is 62.2 Å². The van der Waals surface area contributed by atoms with Crippen LogP contribution in [-0.2, 0) is 0 Å². The number of pyridine rings is 2. The summed E-state index contributed by atoms with van der Waals surface area (Å²) in [5, 5.41) is 0. The fourth-order valence-electron chi connectivity index (χ4n) is 5.15. The minimum absolute atomic E-state index is 0.130. The van der Waals surface area contributed by atoms with Crippen molar-refractivity contribution < 1.29 is 9.59 Å². The summed E-state index contributed by atoms with van der Waals surface area (Å²) in [5.41, 5.74) is 2.68. The summed E-state index contributed by atoms with van der Waals surface area (Å²) in [6.45, 7) is 0.